The van der Waals surface area contributed by atoms with Gasteiger partial charge in [-0.25, -0.2) is 8.78 Å². The number of aromatic nitrogens is 2. The van der Waals surface area contributed by atoms with Gasteiger partial charge in [0.2, 0.25) is 0 Å². The summed E-state index contributed by atoms with van der Waals surface area (Å²) in [6.07, 6.45) is 5.75. The van der Waals surface area contributed by atoms with Gasteiger partial charge in [0.25, 0.3) is 0 Å². The normalized spacial score (nSPS) is 18.7. The topological polar surface area (TPSA) is 20.7 Å². The molecule has 1 N–H and O–H groups in total. The van der Waals surface area contributed by atoms with Crippen LogP contribution >= 0.6 is 12.2 Å². The fourth-order valence-corrected chi connectivity index (χ4v) is 2.90. The number of imidazole rings is 1. The number of nitrogens with zero attached hydrogens (tertiary/aromatic N) is 1. The Morgan fingerprint density at radius 1 is 1.33 bits per heavy atom. The number of nitrogens with one attached hydrogen (secondary N) is 1. The van der Waals surface area contributed by atoms with Crippen molar-refractivity contribution in [2.75, 3.05) is 0 Å². The Bertz CT molecular complexity index is 645. The van der Waals surface area contributed by atoms with Crippen molar-refractivity contribution < 1.29 is 8.78 Å². The van der Waals surface area contributed by atoms with Crippen LogP contribution < -0.4 is 0 Å². The van der Waals surface area contributed by atoms with Crippen LogP contribution in [0.1, 0.15) is 23.6 Å². The molecule has 1 aliphatic carbocycles. The van der Waals surface area contributed by atoms with Crippen molar-refractivity contribution >= 4 is 12.2 Å². The molecule has 1 atom stereocenters. The SMILES string of the molecule is Fc1cc(F)c2c(c1)CCC(n1cc[nH]c1=S)C2. The number of rotatable bonds is 1. The molecule has 1 unspecified atom stereocenters. The van der Waals surface area contributed by atoms with Crippen molar-refractivity contribution in [3.8, 4) is 0 Å². The molecule has 18 heavy (non-hydrogen) atoms. The fourth-order valence-electron chi connectivity index (χ4n) is 2.62. The first-order valence-corrected chi connectivity index (χ1v) is 6.28. The molecular weight excluding hydrogens is 254 g/mol. The number of hydrogen-bond acceptors (Lipinski definition) is 1. The molecular formula is C13H12F2N2S. The smallest absolute Gasteiger partial charge is 0.177 e. The predicted octanol–water partition coefficient (Wildman–Crippen LogP) is 3.55. The van der Waals surface area contributed by atoms with Gasteiger partial charge in [0.1, 0.15) is 11.6 Å². The van der Waals surface area contributed by atoms with E-state index in [1.54, 1.807) is 6.20 Å². The molecule has 2 aromatic rings. The second-order valence-corrected chi connectivity index (χ2v) is 4.98. The predicted molar refractivity (Wildman–Crippen MR) is 67.0 cm³/mol. The Kier molecular flexibility index (Phi) is 2.78. The first-order valence-electron chi connectivity index (χ1n) is 5.87. The molecule has 0 radical (unpaired) electrons. The summed E-state index contributed by atoms with van der Waals surface area (Å²) in [7, 11) is 0. The third-order valence-corrected chi connectivity index (χ3v) is 3.84. The first-order chi connectivity index (χ1) is 8.65. The van der Waals surface area contributed by atoms with E-state index >= 15 is 0 Å². The molecule has 1 aliphatic rings. The molecule has 0 spiro atoms. The van der Waals surface area contributed by atoms with E-state index < -0.39 is 11.6 Å². The van der Waals surface area contributed by atoms with E-state index in [9.17, 15) is 8.78 Å². The second-order valence-electron chi connectivity index (χ2n) is 4.59. The Morgan fingerprint density at radius 3 is 2.89 bits per heavy atom. The molecule has 1 heterocycles. The number of benzene rings is 1. The Labute approximate surface area is 108 Å². The van der Waals surface area contributed by atoms with Gasteiger partial charge < -0.3 is 9.55 Å². The molecule has 5 heteroatoms. The second kappa shape index (κ2) is 4.31. The number of halogens is 2. The quantitative estimate of drug-likeness (QED) is 0.783. The Hall–Kier alpha value is -1.49. The summed E-state index contributed by atoms with van der Waals surface area (Å²) < 4.78 is 29.5. The van der Waals surface area contributed by atoms with Gasteiger partial charge in [-0.3, -0.25) is 0 Å². The lowest BCUT2D eigenvalue weighted by atomic mass is 9.87. The average Bonchev–Trinajstić information content (AvgIpc) is 2.75. The molecule has 1 aromatic carbocycles. The lowest BCUT2D eigenvalue weighted by Gasteiger charge is -2.26. The molecule has 1 aromatic heterocycles. The lowest BCUT2D eigenvalue weighted by Crippen LogP contribution is -2.19. The summed E-state index contributed by atoms with van der Waals surface area (Å²) in [5.74, 6) is -0.945. The van der Waals surface area contributed by atoms with E-state index in [-0.39, 0.29) is 6.04 Å². The molecule has 0 bridgehead atoms. The molecule has 0 amide bonds. The number of fused-ring (bicyclic) bond motifs is 1. The highest BCUT2D eigenvalue weighted by molar-refractivity contribution is 7.71. The standard InChI is InChI=1S/C13H12F2N2S/c14-9-5-8-1-2-10(7-11(8)12(15)6-9)17-4-3-16-13(17)18/h3-6,10H,1-2,7H2,(H,16,18). The van der Waals surface area contributed by atoms with Gasteiger partial charge in [-0.1, -0.05) is 0 Å². The van der Waals surface area contributed by atoms with Crippen LogP contribution in [-0.2, 0) is 12.8 Å². The van der Waals surface area contributed by atoms with Crippen LogP contribution in [-0.4, -0.2) is 9.55 Å². The average molecular weight is 266 g/mol. The summed E-state index contributed by atoms with van der Waals surface area (Å²) in [5.41, 5.74) is 1.40. The number of aryl methyl sites for hydroxylation is 1. The third kappa shape index (κ3) is 1.88. The van der Waals surface area contributed by atoms with Gasteiger partial charge in [-0.15, -0.1) is 0 Å². The van der Waals surface area contributed by atoms with E-state index in [0.717, 1.165) is 18.1 Å². The van der Waals surface area contributed by atoms with Crippen LogP contribution in [0.5, 0.6) is 0 Å². The van der Waals surface area contributed by atoms with Crippen molar-refractivity contribution in [1.29, 1.82) is 0 Å². The maximum atomic E-state index is 13.8. The van der Waals surface area contributed by atoms with Crippen molar-refractivity contribution in [3.63, 3.8) is 0 Å². The van der Waals surface area contributed by atoms with Crippen LogP contribution in [0.3, 0.4) is 0 Å². The summed E-state index contributed by atoms with van der Waals surface area (Å²) in [6, 6.07) is 2.54. The highest BCUT2D eigenvalue weighted by atomic mass is 32.1. The Balaban J connectivity index is 1.99. The van der Waals surface area contributed by atoms with Gasteiger partial charge in [-0.2, -0.15) is 0 Å². The highest BCUT2D eigenvalue weighted by Crippen LogP contribution is 2.31. The van der Waals surface area contributed by atoms with Gasteiger partial charge in [0, 0.05) is 24.5 Å². The van der Waals surface area contributed by atoms with Crippen LogP contribution in [0, 0.1) is 16.4 Å². The summed E-state index contributed by atoms with van der Waals surface area (Å²) in [6.45, 7) is 0. The summed E-state index contributed by atoms with van der Waals surface area (Å²) in [5, 5.41) is 0. The largest absolute Gasteiger partial charge is 0.337 e. The van der Waals surface area contributed by atoms with Crippen molar-refractivity contribution in [3.05, 3.63) is 52.1 Å². The van der Waals surface area contributed by atoms with E-state index in [1.807, 2.05) is 10.8 Å². The molecule has 0 saturated heterocycles. The van der Waals surface area contributed by atoms with E-state index in [4.69, 9.17) is 12.2 Å². The first kappa shape index (κ1) is 11.6. The zero-order chi connectivity index (χ0) is 12.7. The maximum absolute atomic E-state index is 13.8. The molecule has 0 saturated carbocycles. The Morgan fingerprint density at radius 2 is 2.17 bits per heavy atom. The van der Waals surface area contributed by atoms with E-state index in [2.05, 4.69) is 4.98 Å². The number of hydrogen-bond donors (Lipinski definition) is 1. The molecule has 3 rings (SSSR count). The van der Waals surface area contributed by atoms with Gasteiger partial charge in [0.15, 0.2) is 4.77 Å². The minimum absolute atomic E-state index is 0.149. The molecule has 0 fully saturated rings. The monoisotopic (exact) mass is 266 g/mol. The van der Waals surface area contributed by atoms with Crippen molar-refractivity contribution in [1.82, 2.24) is 9.55 Å². The third-order valence-electron chi connectivity index (χ3n) is 3.51. The number of H-pyrrole nitrogens is 1. The van der Waals surface area contributed by atoms with Crippen LogP contribution in [0.15, 0.2) is 24.5 Å². The van der Waals surface area contributed by atoms with Crippen LogP contribution in [0.25, 0.3) is 0 Å². The lowest BCUT2D eigenvalue weighted by molar-refractivity contribution is 0.423. The molecule has 94 valence electrons. The molecule has 0 aliphatic heterocycles. The fraction of sp³-hybridized carbons (Fsp3) is 0.308. The summed E-state index contributed by atoms with van der Waals surface area (Å²) in [4.78, 5) is 2.94. The van der Waals surface area contributed by atoms with Crippen molar-refractivity contribution in [2.45, 2.75) is 25.3 Å². The van der Waals surface area contributed by atoms with E-state index in [0.29, 0.717) is 23.2 Å². The minimum atomic E-state index is -0.497. The van der Waals surface area contributed by atoms with Crippen LogP contribution in [0.4, 0.5) is 8.78 Å². The van der Waals surface area contributed by atoms with Crippen molar-refractivity contribution in [2.24, 2.45) is 0 Å². The number of aromatic amines is 1. The van der Waals surface area contributed by atoms with E-state index in [1.165, 1.54) is 6.07 Å². The van der Waals surface area contributed by atoms with Gasteiger partial charge in [0.05, 0.1) is 0 Å². The maximum Gasteiger partial charge on any atom is 0.177 e. The van der Waals surface area contributed by atoms with Gasteiger partial charge >= 0.3 is 0 Å². The zero-order valence-corrected chi connectivity index (χ0v) is 10.4. The zero-order valence-electron chi connectivity index (χ0n) is 9.62. The van der Waals surface area contributed by atoms with Crippen LogP contribution in [0.2, 0.25) is 0 Å². The summed E-state index contributed by atoms with van der Waals surface area (Å²) >= 11 is 5.17. The highest BCUT2D eigenvalue weighted by Gasteiger charge is 2.23. The minimum Gasteiger partial charge on any atom is -0.337 e. The van der Waals surface area contributed by atoms with Gasteiger partial charge in [-0.05, 0) is 48.7 Å². The molecule has 2 nitrogen and oxygen atoms in total.